The summed E-state index contributed by atoms with van der Waals surface area (Å²) >= 11 is 0. The summed E-state index contributed by atoms with van der Waals surface area (Å²) in [6.45, 7) is 3.52. The highest BCUT2D eigenvalue weighted by molar-refractivity contribution is 5.31. The van der Waals surface area contributed by atoms with Gasteiger partial charge in [0.2, 0.25) is 5.95 Å². The summed E-state index contributed by atoms with van der Waals surface area (Å²) in [5.41, 5.74) is 0. The molecule has 4 nitrogen and oxygen atoms in total. The van der Waals surface area contributed by atoms with Crippen LogP contribution in [-0.2, 0) is 0 Å². The zero-order chi connectivity index (χ0) is 13.2. The SMILES string of the molecule is CN(C)C[C@@H]1CCC[C@@H]2CN(c3ncccn3)C[C@@H]21. The van der Waals surface area contributed by atoms with Crippen LogP contribution in [0.5, 0.6) is 0 Å². The minimum Gasteiger partial charge on any atom is -0.340 e. The monoisotopic (exact) mass is 260 g/mol. The second kappa shape index (κ2) is 5.45. The van der Waals surface area contributed by atoms with Gasteiger partial charge < -0.3 is 9.80 Å². The van der Waals surface area contributed by atoms with Crippen LogP contribution in [0.4, 0.5) is 5.95 Å². The van der Waals surface area contributed by atoms with Crippen molar-refractivity contribution >= 4 is 5.95 Å². The second-order valence-corrected chi connectivity index (χ2v) is 6.33. The molecule has 2 fully saturated rings. The first-order chi connectivity index (χ1) is 9.24. The lowest BCUT2D eigenvalue weighted by molar-refractivity contribution is 0.160. The van der Waals surface area contributed by atoms with Crippen LogP contribution in [0.1, 0.15) is 19.3 Å². The molecule has 0 unspecified atom stereocenters. The van der Waals surface area contributed by atoms with Crippen LogP contribution in [0.15, 0.2) is 18.5 Å². The molecule has 1 aromatic heterocycles. The van der Waals surface area contributed by atoms with Crippen LogP contribution < -0.4 is 4.90 Å². The molecule has 1 aliphatic carbocycles. The quantitative estimate of drug-likeness (QED) is 0.831. The summed E-state index contributed by atoms with van der Waals surface area (Å²) in [5.74, 6) is 3.45. The molecule has 0 bridgehead atoms. The van der Waals surface area contributed by atoms with E-state index in [1.807, 2.05) is 18.5 Å². The van der Waals surface area contributed by atoms with E-state index in [1.54, 1.807) is 0 Å². The average molecular weight is 260 g/mol. The molecular weight excluding hydrogens is 236 g/mol. The van der Waals surface area contributed by atoms with E-state index in [1.165, 1.54) is 25.8 Å². The molecule has 1 aromatic rings. The molecule has 0 aromatic carbocycles. The Kier molecular flexibility index (Phi) is 3.69. The van der Waals surface area contributed by atoms with Crippen LogP contribution in [0.25, 0.3) is 0 Å². The van der Waals surface area contributed by atoms with Crippen LogP contribution >= 0.6 is 0 Å². The minimum absolute atomic E-state index is 0.833. The van der Waals surface area contributed by atoms with E-state index < -0.39 is 0 Å². The first-order valence-electron chi connectivity index (χ1n) is 7.40. The van der Waals surface area contributed by atoms with Gasteiger partial charge in [-0.3, -0.25) is 0 Å². The van der Waals surface area contributed by atoms with Crippen LogP contribution in [0.3, 0.4) is 0 Å². The lowest BCUT2D eigenvalue weighted by atomic mass is 9.74. The number of rotatable bonds is 3. The normalized spacial score (nSPS) is 30.7. The van der Waals surface area contributed by atoms with Crippen molar-refractivity contribution in [2.45, 2.75) is 19.3 Å². The zero-order valence-corrected chi connectivity index (χ0v) is 12.0. The van der Waals surface area contributed by atoms with E-state index in [4.69, 9.17) is 0 Å². The first-order valence-corrected chi connectivity index (χ1v) is 7.40. The van der Waals surface area contributed by atoms with Gasteiger partial charge in [-0.2, -0.15) is 0 Å². The van der Waals surface area contributed by atoms with Gasteiger partial charge >= 0.3 is 0 Å². The molecule has 0 spiro atoms. The average Bonchev–Trinajstić information content (AvgIpc) is 2.84. The molecule has 4 heteroatoms. The molecule has 1 saturated carbocycles. The molecule has 3 atom stereocenters. The lowest BCUT2D eigenvalue weighted by Gasteiger charge is -2.34. The maximum Gasteiger partial charge on any atom is 0.225 e. The number of aromatic nitrogens is 2. The molecule has 0 N–H and O–H groups in total. The predicted molar refractivity (Wildman–Crippen MR) is 77.1 cm³/mol. The Morgan fingerprint density at radius 1 is 1.21 bits per heavy atom. The van der Waals surface area contributed by atoms with Gasteiger partial charge in [-0.1, -0.05) is 6.42 Å². The number of nitrogens with zero attached hydrogens (tertiary/aromatic N) is 4. The van der Waals surface area contributed by atoms with Crippen LogP contribution in [0.2, 0.25) is 0 Å². The summed E-state index contributed by atoms with van der Waals surface area (Å²) < 4.78 is 0. The highest BCUT2D eigenvalue weighted by atomic mass is 15.3. The molecule has 104 valence electrons. The van der Waals surface area contributed by atoms with Crippen molar-refractivity contribution in [2.75, 3.05) is 38.6 Å². The molecule has 19 heavy (non-hydrogen) atoms. The Bertz CT molecular complexity index is 406. The summed E-state index contributed by atoms with van der Waals surface area (Å²) in [4.78, 5) is 13.6. The van der Waals surface area contributed by atoms with Gasteiger partial charge in [-0.25, -0.2) is 9.97 Å². The van der Waals surface area contributed by atoms with Crippen molar-refractivity contribution in [3.8, 4) is 0 Å². The minimum atomic E-state index is 0.833. The molecule has 3 rings (SSSR count). The Morgan fingerprint density at radius 2 is 2.00 bits per heavy atom. The highest BCUT2D eigenvalue weighted by Crippen LogP contribution is 2.41. The molecule has 0 radical (unpaired) electrons. The Balaban J connectivity index is 1.71. The van der Waals surface area contributed by atoms with E-state index in [2.05, 4.69) is 33.9 Å². The Labute approximate surface area is 115 Å². The van der Waals surface area contributed by atoms with Crippen molar-refractivity contribution in [1.29, 1.82) is 0 Å². The third kappa shape index (κ3) is 2.73. The number of anilines is 1. The van der Waals surface area contributed by atoms with Gasteiger partial charge in [-0.05, 0) is 50.8 Å². The van der Waals surface area contributed by atoms with Crippen molar-refractivity contribution in [3.05, 3.63) is 18.5 Å². The third-order valence-corrected chi connectivity index (χ3v) is 4.68. The summed E-state index contributed by atoms with van der Waals surface area (Å²) in [5, 5.41) is 0. The fourth-order valence-corrected chi connectivity index (χ4v) is 3.91. The highest BCUT2D eigenvalue weighted by Gasteiger charge is 2.40. The van der Waals surface area contributed by atoms with E-state index in [0.29, 0.717) is 0 Å². The van der Waals surface area contributed by atoms with Gasteiger partial charge in [-0.15, -0.1) is 0 Å². The van der Waals surface area contributed by atoms with Gasteiger partial charge in [0.25, 0.3) is 0 Å². The fourth-order valence-electron chi connectivity index (χ4n) is 3.91. The Hall–Kier alpha value is -1.16. The van der Waals surface area contributed by atoms with Gasteiger partial charge in [0, 0.05) is 32.0 Å². The maximum absolute atomic E-state index is 4.41. The predicted octanol–water partition coefficient (Wildman–Crippen LogP) is 1.89. The number of hydrogen-bond donors (Lipinski definition) is 0. The van der Waals surface area contributed by atoms with E-state index in [0.717, 1.165) is 36.8 Å². The molecular formula is C15H24N4. The summed E-state index contributed by atoms with van der Waals surface area (Å²) in [7, 11) is 4.38. The largest absolute Gasteiger partial charge is 0.340 e. The molecule has 1 saturated heterocycles. The van der Waals surface area contributed by atoms with Gasteiger partial charge in [0.1, 0.15) is 0 Å². The molecule has 2 heterocycles. The van der Waals surface area contributed by atoms with E-state index in [-0.39, 0.29) is 0 Å². The van der Waals surface area contributed by atoms with Crippen LogP contribution in [-0.4, -0.2) is 48.6 Å². The Morgan fingerprint density at radius 3 is 2.74 bits per heavy atom. The van der Waals surface area contributed by atoms with E-state index in [9.17, 15) is 0 Å². The number of fused-ring (bicyclic) bond motifs is 1. The van der Waals surface area contributed by atoms with Crippen molar-refractivity contribution in [1.82, 2.24) is 14.9 Å². The molecule has 0 amide bonds. The molecule has 2 aliphatic rings. The van der Waals surface area contributed by atoms with Gasteiger partial charge in [0.15, 0.2) is 0 Å². The zero-order valence-electron chi connectivity index (χ0n) is 12.0. The summed E-state index contributed by atoms with van der Waals surface area (Å²) in [6, 6.07) is 1.89. The van der Waals surface area contributed by atoms with Crippen LogP contribution in [0, 0.1) is 17.8 Å². The standard InChI is InChI=1S/C15H24N4/c1-18(2)9-12-5-3-6-13-10-19(11-14(12)13)15-16-7-4-8-17-15/h4,7-8,12-14H,3,5-6,9-11H2,1-2H3/t12-,13+,14+/m0/s1. The van der Waals surface area contributed by atoms with Crippen molar-refractivity contribution in [2.24, 2.45) is 17.8 Å². The summed E-state index contributed by atoms with van der Waals surface area (Å²) in [6.07, 6.45) is 7.87. The smallest absolute Gasteiger partial charge is 0.225 e. The fraction of sp³-hybridized carbons (Fsp3) is 0.733. The maximum atomic E-state index is 4.41. The number of hydrogen-bond acceptors (Lipinski definition) is 4. The van der Waals surface area contributed by atoms with Gasteiger partial charge in [0.05, 0.1) is 0 Å². The first kappa shape index (κ1) is 12.9. The van der Waals surface area contributed by atoms with Crippen molar-refractivity contribution in [3.63, 3.8) is 0 Å². The lowest BCUT2D eigenvalue weighted by Crippen LogP contribution is -2.34. The van der Waals surface area contributed by atoms with E-state index >= 15 is 0 Å². The second-order valence-electron chi connectivity index (χ2n) is 6.33. The molecule has 1 aliphatic heterocycles. The third-order valence-electron chi connectivity index (χ3n) is 4.68. The topological polar surface area (TPSA) is 32.3 Å². The van der Waals surface area contributed by atoms with Crippen molar-refractivity contribution < 1.29 is 0 Å².